The van der Waals surface area contributed by atoms with Crippen LogP contribution in [0.2, 0.25) is 5.02 Å². The first-order chi connectivity index (χ1) is 13.6. The fourth-order valence-electron chi connectivity index (χ4n) is 2.79. The number of thiophene rings is 1. The van der Waals surface area contributed by atoms with Crippen LogP contribution in [0.1, 0.15) is 15.4 Å². The van der Waals surface area contributed by atoms with Gasteiger partial charge in [-0.05, 0) is 49.4 Å². The van der Waals surface area contributed by atoms with Crippen LogP contribution in [0, 0.1) is 6.92 Å². The molecule has 0 aliphatic heterocycles. The molecule has 0 spiro atoms. The molecule has 5 nitrogen and oxygen atoms in total. The van der Waals surface area contributed by atoms with Crippen molar-refractivity contribution < 1.29 is 14.3 Å². The van der Waals surface area contributed by atoms with Crippen LogP contribution >= 0.6 is 22.9 Å². The molecular formula is C21H17ClN2O3S. The van der Waals surface area contributed by atoms with Gasteiger partial charge in [-0.25, -0.2) is 9.48 Å². The molecule has 0 fully saturated rings. The Morgan fingerprint density at radius 2 is 1.86 bits per heavy atom. The lowest BCUT2D eigenvalue weighted by Crippen LogP contribution is -2.11. The number of nitrogens with zero attached hydrogens (tertiary/aromatic N) is 2. The zero-order valence-corrected chi connectivity index (χ0v) is 16.7. The normalized spacial score (nSPS) is 10.9. The summed E-state index contributed by atoms with van der Waals surface area (Å²) in [6.07, 6.45) is 0. The van der Waals surface area contributed by atoms with E-state index in [4.69, 9.17) is 21.1 Å². The molecule has 0 aliphatic carbocycles. The Kier molecular flexibility index (Phi) is 5.32. The number of carbonyl (C=O) groups excluding carboxylic acids is 1. The Balaban J connectivity index is 1.42. The summed E-state index contributed by atoms with van der Waals surface area (Å²) in [4.78, 5) is 13.9. The van der Waals surface area contributed by atoms with Gasteiger partial charge in [-0.1, -0.05) is 29.8 Å². The van der Waals surface area contributed by atoms with E-state index in [9.17, 15) is 4.79 Å². The summed E-state index contributed by atoms with van der Waals surface area (Å²) in [5.74, 6) is 0.320. The van der Waals surface area contributed by atoms with Crippen LogP contribution in [0.4, 0.5) is 0 Å². The Labute approximate surface area is 171 Å². The van der Waals surface area contributed by atoms with Crippen molar-refractivity contribution in [2.45, 2.75) is 6.92 Å². The van der Waals surface area contributed by atoms with Crippen molar-refractivity contribution in [2.24, 2.45) is 0 Å². The molecular weight excluding hydrogens is 396 g/mol. The molecule has 0 saturated heterocycles. The number of aromatic nitrogens is 2. The van der Waals surface area contributed by atoms with Gasteiger partial charge in [-0.15, -0.1) is 11.3 Å². The monoisotopic (exact) mass is 412 g/mol. The molecule has 4 rings (SSSR count). The van der Waals surface area contributed by atoms with E-state index >= 15 is 0 Å². The molecule has 0 aliphatic rings. The van der Waals surface area contributed by atoms with E-state index in [2.05, 4.69) is 5.10 Å². The van der Waals surface area contributed by atoms with Gasteiger partial charge in [0.25, 0.3) is 0 Å². The topological polar surface area (TPSA) is 53.4 Å². The number of halogens is 1. The lowest BCUT2D eigenvalue weighted by molar-refractivity contribution is 0.0456. The number of fused-ring (bicyclic) bond motifs is 1. The minimum absolute atomic E-state index is 0.166. The van der Waals surface area contributed by atoms with Gasteiger partial charge in [0.2, 0.25) is 0 Å². The van der Waals surface area contributed by atoms with Gasteiger partial charge in [0.15, 0.2) is 0 Å². The quantitative estimate of drug-likeness (QED) is 0.319. The lowest BCUT2D eigenvalue weighted by Gasteiger charge is -2.06. The minimum atomic E-state index is -0.361. The van der Waals surface area contributed by atoms with Crippen LogP contribution < -0.4 is 4.74 Å². The van der Waals surface area contributed by atoms with Gasteiger partial charge in [-0.2, -0.15) is 5.10 Å². The first-order valence-corrected chi connectivity index (χ1v) is 9.91. The molecule has 0 bridgehead atoms. The first kappa shape index (κ1) is 18.5. The summed E-state index contributed by atoms with van der Waals surface area (Å²) in [6.45, 7) is 2.37. The second kappa shape index (κ2) is 8.04. The summed E-state index contributed by atoms with van der Waals surface area (Å²) < 4.78 is 12.7. The highest BCUT2D eigenvalue weighted by Gasteiger charge is 2.18. The Morgan fingerprint density at radius 1 is 1.11 bits per heavy atom. The standard InChI is InChI=1S/C21H17ClN2O3S/c1-14-18-13-19(28-20(18)24(23-14)16-5-3-2-4-6-16)21(25)27-12-11-26-17-9-7-15(22)8-10-17/h2-10,13H,11-12H2,1H3. The molecule has 2 heterocycles. The summed E-state index contributed by atoms with van der Waals surface area (Å²) in [5, 5.41) is 6.18. The maximum Gasteiger partial charge on any atom is 0.348 e. The number of hydrogen-bond acceptors (Lipinski definition) is 5. The molecule has 0 N–H and O–H groups in total. The van der Waals surface area contributed by atoms with Crippen LogP contribution in [0.3, 0.4) is 0 Å². The third-order valence-corrected chi connectivity index (χ3v) is 5.49. The van der Waals surface area contributed by atoms with Crippen molar-refractivity contribution in [3.8, 4) is 11.4 Å². The molecule has 7 heteroatoms. The number of esters is 1. The van der Waals surface area contributed by atoms with E-state index in [-0.39, 0.29) is 19.2 Å². The van der Waals surface area contributed by atoms with E-state index in [1.165, 1.54) is 11.3 Å². The molecule has 2 aromatic carbocycles. The molecule has 142 valence electrons. The largest absolute Gasteiger partial charge is 0.490 e. The first-order valence-electron chi connectivity index (χ1n) is 8.72. The number of hydrogen-bond donors (Lipinski definition) is 0. The number of benzene rings is 2. The summed E-state index contributed by atoms with van der Waals surface area (Å²) in [5.41, 5.74) is 1.83. The number of carbonyl (C=O) groups is 1. The zero-order valence-electron chi connectivity index (χ0n) is 15.1. The van der Waals surface area contributed by atoms with Gasteiger partial charge in [0.05, 0.1) is 11.4 Å². The lowest BCUT2D eigenvalue weighted by atomic mass is 10.3. The van der Waals surface area contributed by atoms with Crippen LogP contribution in [0.5, 0.6) is 5.75 Å². The van der Waals surface area contributed by atoms with Gasteiger partial charge in [-0.3, -0.25) is 0 Å². The molecule has 4 aromatic rings. The highest BCUT2D eigenvalue weighted by molar-refractivity contribution is 7.20. The van der Waals surface area contributed by atoms with E-state index in [1.807, 2.05) is 48.0 Å². The third-order valence-electron chi connectivity index (χ3n) is 4.15. The molecule has 0 atom stereocenters. The van der Waals surface area contributed by atoms with Gasteiger partial charge in [0, 0.05) is 10.4 Å². The summed E-state index contributed by atoms with van der Waals surface area (Å²) in [6, 6.07) is 18.7. The molecule has 0 saturated carbocycles. The van der Waals surface area contributed by atoms with Crippen molar-refractivity contribution >= 4 is 39.1 Å². The fraction of sp³-hybridized carbons (Fsp3) is 0.143. The smallest absolute Gasteiger partial charge is 0.348 e. The van der Waals surface area contributed by atoms with Crippen molar-refractivity contribution in [2.75, 3.05) is 13.2 Å². The highest BCUT2D eigenvalue weighted by Crippen LogP contribution is 2.30. The number of rotatable bonds is 6. The van der Waals surface area contributed by atoms with Crippen LogP contribution in [0.25, 0.3) is 15.9 Å². The number of para-hydroxylation sites is 1. The van der Waals surface area contributed by atoms with E-state index in [1.54, 1.807) is 24.3 Å². The van der Waals surface area contributed by atoms with Gasteiger partial charge in [0.1, 0.15) is 28.7 Å². The Hall–Kier alpha value is -2.83. The average Bonchev–Trinajstić information content (AvgIpc) is 3.28. The van der Waals surface area contributed by atoms with E-state index in [0.717, 1.165) is 21.6 Å². The predicted molar refractivity (Wildman–Crippen MR) is 111 cm³/mol. The fourth-order valence-corrected chi connectivity index (χ4v) is 3.99. The van der Waals surface area contributed by atoms with E-state index < -0.39 is 0 Å². The molecule has 28 heavy (non-hydrogen) atoms. The number of aryl methyl sites for hydroxylation is 1. The van der Waals surface area contributed by atoms with Crippen molar-refractivity contribution in [3.63, 3.8) is 0 Å². The molecule has 0 radical (unpaired) electrons. The van der Waals surface area contributed by atoms with Gasteiger partial charge >= 0.3 is 5.97 Å². The average molecular weight is 413 g/mol. The molecule has 2 aromatic heterocycles. The molecule has 0 amide bonds. The zero-order chi connectivity index (χ0) is 19.5. The highest BCUT2D eigenvalue weighted by atomic mass is 35.5. The van der Waals surface area contributed by atoms with Crippen molar-refractivity contribution in [3.05, 3.63) is 76.3 Å². The van der Waals surface area contributed by atoms with E-state index in [0.29, 0.717) is 15.6 Å². The van der Waals surface area contributed by atoms with Crippen LogP contribution in [-0.2, 0) is 4.74 Å². The molecule has 0 unspecified atom stereocenters. The third kappa shape index (κ3) is 3.88. The predicted octanol–water partition coefficient (Wildman–Crippen LogP) is 5.28. The van der Waals surface area contributed by atoms with Crippen LogP contribution in [0.15, 0.2) is 60.7 Å². The minimum Gasteiger partial charge on any atom is -0.490 e. The van der Waals surface area contributed by atoms with Gasteiger partial charge < -0.3 is 9.47 Å². The second-order valence-corrected chi connectivity index (χ2v) is 7.57. The van der Waals surface area contributed by atoms with Crippen LogP contribution in [-0.4, -0.2) is 29.0 Å². The second-order valence-electron chi connectivity index (χ2n) is 6.10. The van der Waals surface area contributed by atoms with Crippen molar-refractivity contribution in [1.82, 2.24) is 9.78 Å². The summed E-state index contributed by atoms with van der Waals surface area (Å²) in [7, 11) is 0. The Bertz CT molecular complexity index is 1100. The Morgan fingerprint density at radius 3 is 2.61 bits per heavy atom. The van der Waals surface area contributed by atoms with Crippen molar-refractivity contribution in [1.29, 1.82) is 0 Å². The SMILES string of the molecule is Cc1nn(-c2ccccc2)c2sc(C(=O)OCCOc3ccc(Cl)cc3)cc12. The summed E-state index contributed by atoms with van der Waals surface area (Å²) >= 11 is 7.21. The maximum absolute atomic E-state index is 12.4. The maximum atomic E-state index is 12.4. The number of ether oxygens (including phenoxy) is 2.